The lowest BCUT2D eigenvalue weighted by Gasteiger charge is -2.40. The van der Waals surface area contributed by atoms with Crippen LogP contribution >= 0.6 is 0 Å². The fraction of sp³-hybridized carbons (Fsp3) is 0.478. The van der Waals surface area contributed by atoms with Crippen LogP contribution in [0.15, 0.2) is 36.9 Å². The molecular formula is C23H32N4O4. The van der Waals surface area contributed by atoms with Gasteiger partial charge in [-0.3, -0.25) is 19.8 Å². The minimum atomic E-state index is -0.872. The van der Waals surface area contributed by atoms with Crippen molar-refractivity contribution in [1.82, 2.24) is 10.2 Å². The number of rotatable bonds is 9. The number of piperidine rings is 1. The first-order chi connectivity index (χ1) is 14.6. The molecule has 1 atom stereocenters. The molecule has 0 spiro atoms. The lowest BCUT2D eigenvalue weighted by atomic mass is 9.80. The number of amides is 2. The SMILES string of the molecule is C=CC[C@@H](NC(=O)c1ccc(C(=N)N)cc1)C(C)(C)C(=O)N1CCC(CC(=O)O)CC1. The highest BCUT2D eigenvalue weighted by atomic mass is 16.4. The van der Waals surface area contributed by atoms with Gasteiger partial charge in [-0.2, -0.15) is 0 Å². The molecule has 31 heavy (non-hydrogen) atoms. The van der Waals surface area contributed by atoms with E-state index in [2.05, 4.69) is 11.9 Å². The Labute approximate surface area is 183 Å². The minimum absolute atomic E-state index is 0.0691. The van der Waals surface area contributed by atoms with E-state index >= 15 is 0 Å². The number of amidine groups is 1. The Morgan fingerprint density at radius 2 is 1.81 bits per heavy atom. The Bertz CT molecular complexity index is 840. The third-order valence-corrected chi connectivity index (χ3v) is 5.95. The molecule has 1 aliphatic rings. The van der Waals surface area contributed by atoms with Gasteiger partial charge in [-0.05, 0) is 51.2 Å². The molecule has 2 rings (SSSR count). The Morgan fingerprint density at radius 1 is 1.26 bits per heavy atom. The summed E-state index contributed by atoms with van der Waals surface area (Å²) in [5.41, 5.74) is 5.52. The van der Waals surface area contributed by atoms with E-state index in [1.165, 1.54) is 0 Å². The topological polar surface area (TPSA) is 137 Å². The second kappa shape index (κ2) is 10.2. The highest BCUT2D eigenvalue weighted by Gasteiger charge is 2.41. The summed E-state index contributed by atoms with van der Waals surface area (Å²) >= 11 is 0. The lowest BCUT2D eigenvalue weighted by molar-refractivity contribution is -0.143. The summed E-state index contributed by atoms with van der Waals surface area (Å²) in [7, 11) is 0. The number of hydrogen-bond acceptors (Lipinski definition) is 4. The molecule has 0 bridgehead atoms. The zero-order valence-corrected chi connectivity index (χ0v) is 18.2. The van der Waals surface area contributed by atoms with Gasteiger partial charge >= 0.3 is 5.97 Å². The minimum Gasteiger partial charge on any atom is -0.481 e. The monoisotopic (exact) mass is 428 g/mol. The Morgan fingerprint density at radius 3 is 2.29 bits per heavy atom. The molecular weight excluding hydrogens is 396 g/mol. The third-order valence-electron chi connectivity index (χ3n) is 5.95. The fourth-order valence-electron chi connectivity index (χ4n) is 3.89. The van der Waals surface area contributed by atoms with Crippen molar-refractivity contribution in [2.24, 2.45) is 17.1 Å². The molecule has 1 saturated heterocycles. The summed E-state index contributed by atoms with van der Waals surface area (Å²) in [4.78, 5) is 38.8. The molecule has 168 valence electrons. The summed E-state index contributed by atoms with van der Waals surface area (Å²) in [6.45, 7) is 8.42. The van der Waals surface area contributed by atoms with Gasteiger partial charge in [-0.15, -0.1) is 6.58 Å². The van der Waals surface area contributed by atoms with E-state index in [4.69, 9.17) is 16.2 Å². The molecule has 0 aliphatic carbocycles. The summed E-state index contributed by atoms with van der Waals surface area (Å²) in [6, 6.07) is 5.95. The quantitative estimate of drug-likeness (QED) is 0.272. The number of carbonyl (C=O) groups excluding carboxylic acids is 2. The molecule has 1 heterocycles. The van der Waals surface area contributed by atoms with Crippen molar-refractivity contribution in [3.8, 4) is 0 Å². The maximum Gasteiger partial charge on any atom is 0.303 e. The van der Waals surface area contributed by atoms with Crippen LogP contribution in [0, 0.1) is 16.7 Å². The van der Waals surface area contributed by atoms with Gasteiger partial charge in [0.2, 0.25) is 5.91 Å². The number of hydrogen-bond donors (Lipinski definition) is 4. The van der Waals surface area contributed by atoms with Gasteiger partial charge < -0.3 is 21.1 Å². The van der Waals surface area contributed by atoms with E-state index < -0.39 is 17.4 Å². The number of nitrogens with zero attached hydrogens (tertiary/aromatic N) is 1. The molecule has 1 aromatic carbocycles. The smallest absolute Gasteiger partial charge is 0.303 e. The van der Waals surface area contributed by atoms with Gasteiger partial charge in [-0.1, -0.05) is 18.2 Å². The van der Waals surface area contributed by atoms with Crippen molar-refractivity contribution in [1.29, 1.82) is 5.41 Å². The molecule has 2 amide bonds. The first-order valence-corrected chi connectivity index (χ1v) is 10.4. The van der Waals surface area contributed by atoms with Crippen LogP contribution in [-0.2, 0) is 9.59 Å². The molecule has 0 saturated carbocycles. The van der Waals surface area contributed by atoms with Crippen LogP contribution in [0.2, 0.25) is 0 Å². The summed E-state index contributed by atoms with van der Waals surface area (Å²) in [6.07, 6.45) is 3.55. The number of carboxylic acids is 1. The van der Waals surface area contributed by atoms with Gasteiger partial charge in [-0.25, -0.2) is 0 Å². The molecule has 0 aromatic heterocycles. The van der Waals surface area contributed by atoms with Crippen LogP contribution in [-0.4, -0.2) is 52.8 Å². The zero-order chi connectivity index (χ0) is 23.2. The standard InChI is InChI=1S/C23H32N4O4/c1-4-5-18(26-21(30)17-8-6-16(7-9-17)20(24)25)23(2,3)22(31)27-12-10-15(11-13-27)14-19(28)29/h4,6-9,15,18H,1,5,10-14H2,2-3H3,(H3,24,25)(H,26,30)(H,28,29)/t18-/m1/s1. The van der Waals surface area contributed by atoms with Crippen molar-refractivity contribution < 1.29 is 19.5 Å². The van der Waals surface area contributed by atoms with Crippen molar-refractivity contribution in [2.75, 3.05) is 13.1 Å². The summed E-state index contributed by atoms with van der Waals surface area (Å²) in [5, 5.41) is 19.4. The van der Waals surface area contributed by atoms with E-state index in [1.807, 2.05) is 13.8 Å². The molecule has 1 aromatic rings. The van der Waals surface area contributed by atoms with Crippen LogP contribution in [0.25, 0.3) is 0 Å². The van der Waals surface area contributed by atoms with E-state index in [1.54, 1.807) is 35.2 Å². The highest BCUT2D eigenvalue weighted by molar-refractivity contribution is 5.98. The predicted octanol–water partition coefficient (Wildman–Crippen LogP) is 2.38. The average molecular weight is 429 g/mol. The van der Waals surface area contributed by atoms with Crippen LogP contribution in [0.1, 0.15) is 55.5 Å². The Kier molecular flexibility index (Phi) is 7.96. The number of carbonyl (C=O) groups is 3. The summed E-state index contributed by atoms with van der Waals surface area (Å²) < 4.78 is 0. The van der Waals surface area contributed by atoms with E-state index in [0.717, 1.165) is 0 Å². The number of nitrogen functional groups attached to an aromatic ring is 1. The maximum atomic E-state index is 13.3. The van der Waals surface area contributed by atoms with Crippen LogP contribution in [0.5, 0.6) is 0 Å². The molecule has 0 radical (unpaired) electrons. The first kappa shape index (κ1) is 24.1. The molecule has 5 N–H and O–H groups in total. The Hall–Kier alpha value is -3.16. The second-order valence-corrected chi connectivity index (χ2v) is 8.60. The van der Waals surface area contributed by atoms with E-state index in [-0.39, 0.29) is 30.0 Å². The number of benzene rings is 1. The van der Waals surface area contributed by atoms with E-state index in [9.17, 15) is 14.4 Å². The molecule has 0 unspecified atom stereocenters. The maximum absolute atomic E-state index is 13.3. The number of carboxylic acid groups (broad SMARTS) is 1. The molecule has 1 aliphatic heterocycles. The third kappa shape index (κ3) is 6.16. The predicted molar refractivity (Wildman–Crippen MR) is 119 cm³/mol. The van der Waals surface area contributed by atoms with Gasteiger partial charge in [0.1, 0.15) is 5.84 Å². The van der Waals surface area contributed by atoms with Crippen LogP contribution < -0.4 is 11.1 Å². The van der Waals surface area contributed by atoms with Gasteiger partial charge in [0.25, 0.3) is 5.91 Å². The second-order valence-electron chi connectivity index (χ2n) is 8.60. The molecule has 8 nitrogen and oxygen atoms in total. The van der Waals surface area contributed by atoms with Gasteiger partial charge in [0.05, 0.1) is 5.41 Å². The van der Waals surface area contributed by atoms with Crippen LogP contribution in [0.3, 0.4) is 0 Å². The number of aliphatic carboxylic acids is 1. The molecule has 8 heteroatoms. The zero-order valence-electron chi connectivity index (χ0n) is 18.2. The normalized spacial score (nSPS) is 15.7. The first-order valence-electron chi connectivity index (χ1n) is 10.4. The Balaban J connectivity index is 2.08. The van der Waals surface area contributed by atoms with Crippen molar-refractivity contribution in [2.45, 2.75) is 45.6 Å². The van der Waals surface area contributed by atoms with E-state index in [0.29, 0.717) is 43.5 Å². The highest BCUT2D eigenvalue weighted by Crippen LogP contribution is 2.30. The number of nitrogens with one attached hydrogen (secondary N) is 2. The van der Waals surface area contributed by atoms with Crippen molar-refractivity contribution in [3.05, 3.63) is 48.0 Å². The molecule has 1 fully saturated rings. The fourth-order valence-corrected chi connectivity index (χ4v) is 3.89. The lowest BCUT2D eigenvalue weighted by Crippen LogP contribution is -2.54. The van der Waals surface area contributed by atoms with Crippen LogP contribution in [0.4, 0.5) is 0 Å². The van der Waals surface area contributed by atoms with Crippen molar-refractivity contribution >= 4 is 23.6 Å². The van der Waals surface area contributed by atoms with Gasteiger partial charge in [0.15, 0.2) is 0 Å². The van der Waals surface area contributed by atoms with Gasteiger partial charge in [0, 0.05) is 36.7 Å². The summed E-state index contributed by atoms with van der Waals surface area (Å²) in [5.74, 6) is -1.18. The number of nitrogens with two attached hydrogens (primary N) is 1. The largest absolute Gasteiger partial charge is 0.481 e. The van der Waals surface area contributed by atoms with Crippen molar-refractivity contribution in [3.63, 3.8) is 0 Å². The average Bonchev–Trinajstić information content (AvgIpc) is 2.73. The number of likely N-dealkylation sites (tertiary alicyclic amines) is 1.